The van der Waals surface area contributed by atoms with Crippen molar-refractivity contribution in [2.45, 2.75) is 33.2 Å². The quantitative estimate of drug-likeness (QED) is 0.762. The molecule has 0 aromatic carbocycles. The van der Waals surface area contributed by atoms with Crippen LogP contribution in [-0.4, -0.2) is 29.2 Å². The summed E-state index contributed by atoms with van der Waals surface area (Å²) in [5, 5.41) is 3.20. The Balaban J connectivity index is 2.58. The highest BCUT2D eigenvalue weighted by Gasteiger charge is 2.02. The summed E-state index contributed by atoms with van der Waals surface area (Å²) in [5.74, 6) is 2.10. The first-order valence-corrected chi connectivity index (χ1v) is 5.59. The molecule has 1 aromatic rings. The van der Waals surface area contributed by atoms with Crippen LogP contribution < -0.4 is 15.8 Å². The number of ether oxygens (including phenoxy) is 1. The van der Waals surface area contributed by atoms with Crippen LogP contribution in [0.15, 0.2) is 6.07 Å². The fraction of sp³-hybridized carbons (Fsp3) is 0.636. The molecule has 1 atom stereocenters. The normalized spacial score (nSPS) is 12.2. The van der Waals surface area contributed by atoms with Gasteiger partial charge in [0, 0.05) is 18.7 Å². The van der Waals surface area contributed by atoms with E-state index < -0.39 is 0 Å². The Labute approximate surface area is 96.4 Å². The van der Waals surface area contributed by atoms with Gasteiger partial charge in [-0.15, -0.1) is 0 Å². The van der Waals surface area contributed by atoms with Gasteiger partial charge in [-0.05, 0) is 27.2 Å². The highest BCUT2D eigenvalue weighted by atomic mass is 16.5. The van der Waals surface area contributed by atoms with Crippen molar-refractivity contribution < 1.29 is 4.74 Å². The lowest BCUT2D eigenvalue weighted by Gasteiger charge is -2.09. The number of nitrogens with zero attached hydrogens (tertiary/aromatic N) is 2. The third-order valence-electron chi connectivity index (χ3n) is 2.01. The molecule has 1 unspecified atom stereocenters. The Morgan fingerprint density at radius 1 is 1.50 bits per heavy atom. The van der Waals surface area contributed by atoms with Gasteiger partial charge in [0.05, 0.1) is 6.61 Å². The number of anilines is 1. The molecule has 0 saturated heterocycles. The average molecular weight is 224 g/mol. The molecule has 0 radical (unpaired) electrons. The van der Waals surface area contributed by atoms with Crippen molar-refractivity contribution in [2.24, 2.45) is 5.73 Å². The predicted octanol–water partition coefficient (Wildman–Crippen LogP) is 1.33. The first-order chi connectivity index (χ1) is 7.61. The lowest BCUT2D eigenvalue weighted by Crippen LogP contribution is -2.19. The van der Waals surface area contributed by atoms with Gasteiger partial charge in [0.2, 0.25) is 5.88 Å². The van der Waals surface area contributed by atoms with Crippen molar-refractivity contribution in [3.63, 3.8) is 0 Å². The summed E-state index contributed by atoms with van der Waals surface area (Å²) in [5.41, 5.74) is 5.67. The van der Waals surface area contributed by atoms with Crippen LogP contribution in [0.1, 0.15) is 26.1 Å². The van der Waals surface area contributed by atoms with E-state index in [9.17, 15) is 0 Å². The number of hydrogen-bond donors (Lipinski definition) is 2. The van der Waals surface area contributed by atoms with Gasteiger partial charge in [0.15, 0.2) is 0 Å². The number of rotatable bonds is 6. The number of aryl methyl sites for hydroxylation is 1. The maximum absolute atomic E-state index is 5.67. The van der Waals surface area contributed by atoms with Crippen molar-refractivity contribution in [3.8, 4) is 5.88 Å². The van der Waals surface area contributed by atoms with E-state index in [1.165, 1.54) is 0 Å². The molecule has 0 saturated carbocycles. The number of nitrogens with one attached hydrogen (secondary N) is 1. The number of nitrogens with two attached hydrogens (primary N) is 1. The van der Waals surface area contributed by atoms with Gasteiger partial charge in [-0.1, -0.05) is 0 Å². The molecule has 0 spiro atoms. The van der Waals surface area contributed by atoms with Crippen molar-refractivity contribution in [1.29, 1.82) is 0 Å². The summed E-state index contributed by atoms with van der Waals surface area (Å²) >= 11 is 0. The molecule has 3 N–H and O–H groups in total. The molecule has 0 amide bonds. The minimum atomic E-state index is 0.196. The third-order valence-corrected chi connectivity index (χ3v) is 2.01. The van der Waals surface area contributed by atoms with Gasteiger partial charge in [0.1, 0.15) is 11.6 Å². The topological polar surface area (TPSA) is 73.1 Å². The van der Waals surface area contributed by atoms with Gasteiger partial charge < -0.3 is 15.8 Å². The monoisotopic (exact) mass is 224 g/mol. The highest BCUT2D eigenvalue weighted by molar-refractivity contribution is 5.38. The smallest absolute Gasteiger partial charge is 0.218 e. The molecule has 0 fully saturated rings. The lowest BCUT2D eigenvalue weighted by atomic mass is 10.2. The van der Waals surface area contributed by atoms with E-state index in [1.807, 2.05) is 20.8 Å². The molecule has 0 aliphatic rings. The highest BCUT2D eigenvalue weighted by Crippen LogP contribution is 2.13. The first-order valence-electron chi connectivity index (χ1n) is 5.59. The molecule has 5 heteroatoms. The summed E-state index contributed by atoms with van der Waals surface area (Å²) in [7, 11) is 0. The standard InChI is InChI=1S/C11H20N4O/c1-4-16-11-7-10(14-9(3)15-11)13-6-5-8(2)12/h7-8H,4-6,12H2,1-3H3,(H,13,14,15). The van der Waals surface area contributed by atoms with Crippen LogP contribution in [-0.2, 0) is 0 Å². The van der Waals surface area contributed by atoms with Crippen LogP contribution in [0.4, 0.5) is 5.82 Å². The summed E-state index contributed by atoms with van der Waals surface area (Å²) < 4.78 is 5.34. The molecule has 1 aromatic heterocycles. The number of aromatic nitrogens is 2. The Kier molecular flexibility index (Phi) is 4.98. The summed E-state index contributed by atoms with van der Waals surface area (Å²) in [4.78, 5) is 8.44. The fourth-order valence-corrected chi connectivity index (χ4v) is 1.28. The Hall–Kier alpha value is -1.36. The van der Waals surface area contributed by atoms with E-state index in [4.69, 9.17) is 10.5 Å². The zero-order valence-electron chi connectivity index (χ0n) is 10.2. The number of hydrogen-bond acceptors (Lipinski definition) is 5. The molecule has 0 aliphatic carbocycles. The fourth-order valence-electron chi connectivity index (χ4n) is 1.28. The average Bonchev–Trinajstić information content (AvgIpc) is 2.16. The van der Waals surface area contributed by atoms with E-state index in [0.29, 0.717) is 18.3 Å². The zero-order chi connectivity index (χ0) is 12.0. The molecule has 5 nitrogen and oxygen atoms in total. The van der Waals surface area contributed by atoms with Crippen molar-refractivity contribution in [1.82, 2.24) is 9.97 Å². The molecule has 1 heterocycles. The largest absolute Gasteiger partial charge is 0.478 e. The van der Waals surface area contributed by atoms with Gasteiger partial charge in [-0.25, -0.2) is 4.98 Å². The van der Waals surface area contributed by atoms with Gasteiger partial charge in [-0.3, -0.25) is 0 Å². The van der Waals surface area contributed by atoms with E-state index in [2.05, 4.69) is 15.3 Å². The lowest BCUT2D eigenvalue weighted by molar-refractivity contribution is 0.325. The maximum atomic E-state index is 5.67. The van der Waals surface area contributed by atoms with Crippen LogP contribution in [0.25, 0.3) is 0 Å². The van der Waals surface area contributed by atoms with Crippen LogP contribution in [0.3, 0.4) is 0 Å². The van der Waals surface area contributed by atoms with E-state index in [0.717, 1.165) is 18.8 Å². The third kappa shape index (κ3) is 4.44. The van der Waals surface area contributed by atoms with Crippen LogP contribution in [0.5, 0.6) is 5.88 Å². The summed E-state index contributed by atoms with van der Waals surface area (Å²) in [6.07, 6.45) is 0.910. The first kappa shape index (κ1) is 12.7. The van der Waals surface area contributed by atoms with Gasteiger partial charge >= 0.3 is 0 Å². The molecule has 1 rings (SSSR count). The zero-order valence-corrected chi connectivity index (χ0v) is 10.2. The van der Waals surface area contributed by atoms with Crippen molar-refractivity contribution >= 4 is 5.82 Å². The Bertz CT molecular complexity index is 328. The second-order valence-electron chi connectivity index (χ2n) is 3.76. The molecule has 16 heavy (non-hydrogen) atoms. The molecular weight excluding hydrogens is 204 g/mol. The SMILES string of the molecule is CCOc1cc(NCCC(C)N)nc(C)n1. The van der Waals surface area contributed by atoms with Gasteiger partial charge in [-0.2, -0.15) is 4.98 Å². The van der Waals surface area contributed by atoms with Gasteiger partial charge in [0.25, 0.3) is 0 Å². The second kappa shape index (κ2) is 6.27. The summed E-state index contributed by atoms with van der Waals surface area (Å²) in [6, 6.07) is 2.00. The minimum absolute atomic E-state index is 0.196. The Morgan fingerprint density at radius 3 is 2.88 bits per heavy atom. The van der Waals surface area contributed by atoms with Crippen molar-refractivity contribution in [3.05, 3.63) is 11.9 Å². The van der Waals surface area contributed by atoms with E-state index in [-0.39, 0.29) is 6.04 Å². The molecule has 0 bridgehead atoms. The second-order valence-corrected chi connectivity index (χ2v) is 3.76. The predicted molar refractivity (Wildman–Crippen MR) is 64.7 cm³/mol. The summed E-state index contributed by atoms with van der Waals surface area (Å²) in [6.45, 7) is 7.17. The molecular formula is C11H20N4O. The Morgan fingerprint density at radius 2 is 2.25 bits per heavy atom. The van der Waals surface area contributed by atoms with E-state index >= 15 is 0 Å². The van der Waals surface area contributed by atoms with Crippen molar-refractivity contribution in [2.75, 3.05) is 18.5 Å². The molecule has 90 valence electrons. The minimum Gasteiger partial charge on any atom is -0.478 e. The molecule has 0 aliphatic heterocycles. The van der Waals surface area contributed by atoms with Crippen LogP contribution in [0.2, 0.25) is 0 Å². The maximum Gasteiger partial charge on any atom is 0.218 e. The van der Waals surface area contributed by atoms with Crippen LogP contribution in [0, 0.1) is 6.92 Å². The van der Waals surface area contributed by atoms with E-state index in [1.54, 1.807) is 6.07 Å². The van der Waals surface area contributed by atoms with Crippen LogP contribution >= 0.6 is 0 Å².